The van der Waals surface area contributed by atoms with Gasteiger partial charge in [0.15, 0.2) is 0 Å². The predicted molar refractivity (Wildman–Crippen MR) is 76.2 cm³/mol. The van der Waals surface area contributed by atoms with Crippen LogP contribution in [0.15, 0.2) is 53.1 Å². The Morgan fingerprint density at radius 3 is 2.70 bits per heavy atom. The molecule has 0 N–H and O–H groups in total. The highest BCUT2D eigenvalue weighted by Crippen LogP contribution is 2.22. The number of carbonyl (C=O) groups excluding carboxylic acids is 1. The third kappa shape index (κ3) is 2.82. The molecular weight excluding hydrogens is 305 g/mol. The summed E-state index contributed by atoms with van der Waals surface area (Å²) in [6.07, 6.45) is 0. The first-order valence-corrected chi connectivity index (χ1v) is 6.44. The summed E-state index contributed by atoms with van der Waals surface area (Å²) in [5.74, 6) is -1.66. The third-order valence-corrected chi connectivity index (χ3v) is 3.05. The van der Waals surface area contributed by atoms with Gasteiger partial charge in [0.1, 0.15) is 5.82 Å². The first-order valence-electron chi connectivity index (χ1n) is 6.44. The second-order valence-corrected chi connectivity index (χ2v) is 4.54. The van der Waals surface area contributed by atoms with Crippen LogP contribution in [-0.2, 0) is 0 Å². The molecule has 1 aromatic heterocycles. The molecule has 114 valence electrons. The van der Waals surface area contributed by atoms with Crippen molar-refractivity contribution in [3.8, 4) is 11.5 Å². The monoisotopic (exact) mass is 313 g/mol. The summed E-state index contributed by atoms with van der Waals surface area (Å²) in [5.41, 5.74) is -0.119. The molecule has 0 amide bonds. The normalized spacial score (nSPS) is 10.5. The first kappa shape index (κ1) is 14.5. The van der Waals surface area contributed by atoms with Crippen LogP contribution in [0.1, 0.15) is 16.2 Å². The van der Waals surface area contributed by atoms with E-state index in [2.05, 4.69) is 10.1 Å². The summed E-state index contributed by atoms with van der Waals surface area (Å²) in [6.45, 7) is 0. The van der Waals surface area contributed by atoms with Crippen molar-refractivity contribution in [1.82, 2.24) is 10.1 Å². The Labute approximate surface area is 128 Å². The lowest BCUT2D eigenvalue weighted by atomic mass is 10.1. The smallest absolute Gasteiger partial charge is 0.270 e. The van der Waals surface area contributed by atoms with Gasteiger partial charge in [-0.1, -0.05) is 29.4 Å². The van der Waals surface area contributed by atoms with Gasteiger partial charge in [-0.05, 0) is 12.1 Å². The van der Waals surface area contributed by atoms with E-state index in [0.717, 1.165) is 6.07 Å². The molecule has 0 unspecified atom stereocenters. The lowest BCUT2D eigenvalue weighted by Gasteiger charge is -1.96. The van der Waals surface area contributed by atoms with E-state index >= 15 is 0 Å². The molecule has 0 aliphatic heterocycles. The number of rotatable bonds is 4. The number of hydrogen-bond donors (Lipinski definition) is 0. The van der Waals surface area contributed by atoms with Crippen LogP contribution in [-0.4, -0.2) is 20.8 Å². The Morgan fingerprint density at radius 2 is 1.96 bits per heavy atom. The summed E-state index contributed by atoms with van der Waals surface area (Å²) >= 11 is 0. The van der Waals surface area contributed by atoms with Crippen molar-refractivity contribution in [2.45, 2.75) is 0 Å². The van der Waals surface area contributed by atoms with Crippen molar-refractivity contribution in [2.24, 2.45) is 0 Å². The number of nitrogens with zero attached hydrogens (tertiary/aromatic N) is 3. The topological polar surface area (TPSA) is 99.1 Å². The Morgan fingerprint density at radius 1 is 1.17 bits per heavy atom. The lowest BCUT2D eigenvalue weighted by Crippen LogP contribution is -2.04. The third-order valence-electron chi connectivity index (χ3n) is 3.05. The van der Waals surface area contributed by atoms with Crippen LogP contribution in [0.25, 0.3) is 11.5 Å². The zero-order valence-electron chi connectivity index (χ0n) is 11.5. The molecule has 2 aromatic carbocycles. The molecule has 7 nitrogen and oxygen atoms in total. The number of halogens is 1. The molecule has 23 heavy (non-hydrogen) atoms. The van der Waals surface area contributed by atoms with Crippen LogP contribution in [0, 0.1) is 15.9 Å². The fourth-order valence-electron chi connectivity index (χ4n) is 1.95. The van der Waals surface area contributed by atoms with E-state index in [1.54, 1.807) is 6.07 Å². The number of benzene rings is 2. The van der Waals surface area contributed by atoms with E-state index in [-0.39, 0.29) is 28.5 Å². The molecule has 0 radical (unpaired) electrons. The molecule has 0 spiro atoms. The minimum atomic E-state index is -0.653. The average molecular weight is 313 g/mol. The molecule has 0 saturated heterocycles. The quantitative estimate of drug-likeness (QED) is 0.417. The van der Waals surface area contributed by atoms with Crippen LogP contribution in [0.2, 0.25) is 0 Å². The number of nitro benzene ring substituents is 1. The maximum Gasteiger partial charge on any atom is 0.270 e. The summed E-state index contributed by atoms with van der Waals surface area (Å²) < 4.78 is 18.6. The van der Waals surface area contributed by atoms with Crippen LogP contribution in [0.3, 0.4) is 0 Å². The van der Waals surface area contributed by atoms with E-state index in [0.29, 0.717) is 0 Å². The van der Waals surface area contributed by atoms with E-state index < -0.39 is 16.5 Å². The summed E-state index contributed by atoms with van der Waals surface area (Å²) in [7, 11) is 0. The zero-order valence-corrected chi connectivity index (χ0v) is 11.5. The summed E-state index contributed by atoms with van der Waals surface area (Å²) in [4.78, 5) is 26.2. The summed E-state index contributed by atoms with van der Waals surface area (Å²) in [6, 6.07) is 10.9. The minimum Gasteiger partial charge on any atom is -0.333 e. The average Bonchev–Trinajstić information content (AvgIpc) is 3.04. The van der Waals surface area contributed by atoms with Crippen molar-refractivity contribution >= 4 is 11.5 Å². The van der Waals surface area contributed by atoms with Crippen molar-refractivity contribution < 1.29 is 18.6 Å². The fraction of sp³-hybridized carbons (Fsp3) is 0. The fourth-order valence-corrected chi connectivity index (χ4v) is 1.95. The van der Waals surface area contributed by atoms with Gasteiger partial charge in [-0.15, -0.1) is 0 Å². The van der Waals surface area contributed by atoms with Crippen molar-refractivity contribution in [2.75, 3.05) is 0 Å². The number of nitro groups is 1. The van der Waals surface area contributed by atoms with Gasteiger partial charge in [-0.3, -0.25) is 14.9 Å². The molecule has 1 heterocycles. The molecule has 0 aliphatic rings. The second-order valence-electron chi connectivity index (χ2n) is 4.54. The Balaban J connectivity index is 1.94. The van der Waals surface area contributed by atoms with Gasteiger partial charge in [0.25, 0.3) is 11.6 Å². The molecule has 0 fully saturated rings. The Hall–Kier alpha value is -3.42. The zero-order chi connectivity index (χ0) is 16.4. The highest BCUT2D eigenvalue weighted by Gasteiger charge is 2.20. The standard InChI is InChI=1S/C15H8FN3O4/c16-12-7-2-1-6-11(12)15-17-14(18-23-15)13(20)9-4-3-5-10(8-9)19(21)22/h1-8H. The van der Waals surface area contributed by atoms with Gasteiger partial charge in [-0.25, -0.2) is 4.39 Å². The molecule has 0 atom stereocenters. The molecule has 8 heteroatoms. The van der Waals surface area contributed by atoms with Crippen molar-refractivity contribution in [3.05, 3.63) is 75.9 Å². The molecule has 0 bridgehead atoms. The molecule has 3 aromatic rings. The van der Waals surface area contributed by atoms with E-state index in [1.165, 1.54) is 36.4 Å². The molecule has 0 aliphatic carbocycles. The number of carbonyl (C=O) groups is 1. The lowest BCUT2D eigenvalue weighted by molar-refractivity contribution is -0.384. The molecular formula is C15H8FN3O4. The van der Waals surface area contributed by atoms with E-state index in [9.17, 15) is 19.3 Å². The second kappa shape index (κ2) is 5.76. The van der Waals surface area contributed by atoms with Gasteiger partial charge < -0.3 is 4.52 Å². The van der Waals surface area contributed by atoms with Crippen molar-refractivity contribution in [1.29, 1.82) is 0 Å². The first-order chi connectivity index (χ1) is 11.1. The van der Waals surface area contributed by atoms with Crippen molar-refractivity contribution in [3.63, 3.8) is 0 Å². The Kier molecular flexibility index (Phi) is 3.63. The number of ketones is 1. The predicted octanol–water partition coefficient (Wildman–Crippen LogP) is 3.01. The SMILES string of the molecule is O=C(c1cccc([N+](=O)[O-])c1)c1noc(-c2ccccc2F)n1. The van der Waals surface area contributed by atoms with Gasteiger partial charge in [-0.2, -0.15) is 4.98 Å². The van der Waals surface area contributed by atoms with Gasteiger partial charge in [0, 0.05) is 17.7 Å². The van der Waals surface area contributed by atoms with Gasteiger partial charge in [0.2, 0.25) is 11.6 Å². The maximum absolute atomic E-state index is 13.7. The highest BCUT2D eigenvalue weighted by molar-refractivity contribution is 6.06. The van der Waals surface area contributed by atoms with Crippen LogP contribution in [0.5, 0.6) is 0 Å². The largest absolute Gasteiger partial charge is 0.333 e. The van der Waals surface area contributed by atoms with Crippen LogP contribution in [0.4, 0.5) is 10.1 Å². The molecule has 3 rings (SSSR count). The van der Waals surface area contributed by atoms with Gasteiger partial charge >= 0.3 is 0 Å². The van der Waals surface area contributed by atoms with Crippen LogP contribution < -0.4 is 0 Å². The Bertz CT molecular complexity index is 907. The highest BCUT2D eigenvalue weighted by atomic mass is 19.1. The van der Waals surface area contributed by atoms with E-state index in [4.69, 9.17) is 4.52 Å². The van der Waals surface area contributed by atoms with Crippen LogP contribution >= 0.6 is 0 Å². The number of hydrogen-bond acceptors (Lipinski definition) is 6. The minimum absolute atomic E-state index is 0.0417. The maximum atomic E-state index is 13.7. The van der Waals surface area contributed by atoms with E-state index in [1.807, 2.05) is 0 Å². The number of non-ortho nitro benzene ring substituents is 1. The number of aromatic nitrogens is 2. The summed E-state index contributed by atoms with van der Waals surface area (Å²) in [5, 5.41) is 14.3. The molecule has 0 saturated carbocycles. The van der Waals surface area contributed by atoms with Gasteiger partial charge in [0.05, 0.1) is 10.5 Å².